The maximum Gasteiger partial charge on any atom is 0.306 e. The van der Waals surface area contributed by atoms with Gasteiger partial charge in [-0.1, -0.05) is 6.07 Å². The summed E-state index contributed by atoms with van der Waals surface area (Å²) in [7, 11) is 1.56. The van der Waals surface area contributed by atoms with Crippen LogP contribution in [0.3, 0.4) is 0 Å². The van der Waals surface area contributed by atoms with Crippen LogP contribution in [-0.2, 0) is 11.3 Å². The molecule has 1 fully saturated rings. The maximum atomic E-state index is 11.0. The number of hydrogen-bond donors (Lipinski definition) is 2. The van der Waals surface area contributed by atoms with Crippen molar-refractivity contribution in [1.29, 1.82) is 0 Å². The number of methoxy groups -OCH3 is 1. The Hall–Kier alpha value is -1.75. The molecule has 2 rings (SSSR count). The van der Waals surface area contributed by atoms with Gasteiger partial charge in [-0.3, -0.25) is 9.69 Å². The van der Waals surface area contributed by atoms with E-state index >= 15 is 0 Å². The summed E-state index contributed by atoms with van der Waals surface area (Å²) >= 11 is 0. The van der Waals surface area contributed by atoms with Crippen molar-refractivity contribution in [3.63, 3.8) is 0 Å². The van der Waals surface area contributed by atoms with Crippen molar-refractivity contribution in [3.8, 4) is 11.5 Å². The van der Waals surface area contributed by atoms with Crippen molar-refractivity contribution in [3.05, 3.63) is 23.8 Å². The highest BCUT2D eigenvalue weighted by molar-refractivity contribution is 5.70. The SMILES string of the molecule is COc1ccc(CN2CCC(C(=O)O)CC2C)c(O)c1. The molecule has 0 spiro atoms. The second-order valence-corrected chi connectivity index (χ2v) is 5.37. The van der Waals surface area contributed by atoms with Gasteiger partial charge in [0.2, 0.25) is 0 Å². The Balaban J connectivity index is 2.02. The van der Waals surface area contributed by atoms with Crippen LogP contribution < -0.4 is 4.74 Å². The zero-order valence-corrected chi connectivity index (χ0v) is 11.9. The lowest BCUT2D eigenvalue weighted by molar-refractivity contribution is -0.144. The summed E-state index contributed by atoms with van der Waals surface area (Å²) in [5.41, 5.74) is 0.839. The Morgan fingerprint density at radius 2 is 2.25 bits per heavy atom. The first-order valence-corrected chi connectivity index (χ1v) is 6.84. The highest BCUT2D eigenvalue weighted by Crippen LogP contribution is 2.29. The molecule has 0 aromatic heterocycles. The van der Waals surface area contributed by atoms with Crippen LogP contribution >= 0.6 is 0 Å². The third-order valence-electron chi connectivity index (χ3n) is 4.03. The topological polar surface area (TPSA) is 70.0 Å². The van der Waals surface area contributed by atoms with E-state index in [0.717, 1.165) is 12.1 Å². The molecular formula is C15H21NO4. The molecule has 1 aliphatic rings. The van der Waals surface area contributed by atoms with Gasteiger partial charge in [0, 0.05) is 24.2 Å². The maximum absolute atomic E-state index is 11.0. The van der Waals surface area contributed by atoms with Crippen molar-refractivity contribution in [2.24, 2.45) is 5.92 Å². The van der Waals surface area contributed by atoms with Gasteiger partial charge in [-0.2, -0.15) is 0 Å². The number of rotatable bonds is 4. The smallest absolute Gasteiger partial charge is 0.306 e. The third-order valence-corrected chi connectivity index (χ3v) is 4.03. The molecule has 110 valence electrons. The molecule has 0 bridgehead atoms. The molecule has 0 radical (unpaired) electrons. The fourth-order valence-electron chi connectivity index (χ4n) is 2.70. The normalized spacial score (nSPS) is 23.5. The monoisotopic (exact) mass is 279 g/mol. The van der Waals surface area contributed by atoms with Crippen molar-refractivity contribution in [2.45, 2.75) is 32.4 Å². The predicted octanol–water partition coefficient (Wildman–Crippen LogP) is 2.09. The first-order chi connectivity index (χ1) is 9.51. The van der Waals surface area contributed by atoms with Gasteiger partial charge in [0.25, 0.3) is 0 Å². The van der Waals surface area contributed by atoms with Crippen LogP contribution in [0.2, 0.25) is 0 Å². The van der Waals surface area contributed by atoms with Gasteiger partial charge >= 0.3 is 5.97 Å². The molecule has 1 aromatic carbocycles. The van der Waals surface area contributed by atoms with Crippen molar-refractivity contribution < 1.29 is 19.7 Å². The highest BCUT2D eigenvalue weighted by atomic mass is 16.5. The second-order valence-electron chi connectivity index (χ2n) is 5.37. The summed E-state index contributed by atoms with van der Waals surface area (Å²) in [5.74, 6) is -0.102. The summed E-state index contributed by atoms with van der Waals surface area (Å²) in [5, 5.41) is 19.0. The Kier molecular flexibility index (Phi) is 4.49. The number of aromatic hydroxyl groups is 1. The van der Waals surface area contributed by atoms with E-state index < -0.39 is 5.97 Å². The first kappa shape index (κ1) is 14.7. The van der Waals surface area contributed by atoms with Crippen LogP contribution in [0, 0.1) is 5.92 Å². The molecule has 1 heterocycles. The fraction of sp³-hybridized carbons (Fsp3) is 0.533. The number of phenols is 1. The Labute approximate surface area is 118 Å². The van der Waals surface area contributed by atoms with E-state index in [2.05, 4.69) is 4.90 Å². The van der Waals surface area contributed by atoms with Gasteiger partial charge in [-0.25, -0.2) is 0 Å². The molecule has 1 saturated heterocycles. The average Bonchev–Trinajstić information content (AvgIpc) is 2.42. The number of carboxylic acid groups (broad SMARTS) is 1. The number of hydrogen-bond acceptors (Lipinski definition) is 4. The number of ether oxygens (including phenoxy) is 1. The van der Waals surface area contributed by atoms with Crippen LogP contribution in [0.15, 0.2) is 18.2 Å². The zero-order chi connectivity index (χ0) is 14.7. The van der Waals surface area contributed by atoms with Gasteiger partial charge in [0.15, 0.2) is 0 Å². The number of likely N-dealkylation sites (tertiary alicyclic amines) is 1. The quantitative estimate of drug-likeness (QED) is 0.883. The average molecular weight is 279 g/mol. The molecule has 20 heavy (non-hydrogen) atoms. The second kappa shape index (κ2) is 6.13. The standard InChI is InChI=1S/C15H21NO4/c1-10-7-11(15(18)19)5-6-16(10)9-12-3-4-13(20-2)8-14(12)17/h3-4,8,10-11,17H,5-7,9H2,1-2H3,(H,18,19). The van der Waals surface area contributed by atoms with E-state index in [9.17, 15) is 9.90 Å². The summed E-state index contributed by atoms with van der Waals surface area (Å²) < 4.78 is 5.06. The van der Waals surface area contributed by atoms with E-state index in [-0.39, 0.29) is 17.7 Å². The van der Waals surface area contributed by atoms with Gasteiger partial charge in [0.05, 0.1) is 13.0 Å². The number of benzene rings is 1. The summed E-state index contributed by atoms with van der Waals surface area (Å²) in [6, 6.07) is 5.48. The number of carbonyl (C=O) groups is 1. The van der Waals surface area contributed by atoms with Crippen LogP contribution in [-0.4, -0.2) is 40.8 Å². The van der Waals surface area contributed by atoms with Crippen LogP contribution in [0.4, 0.5) is 0 Å². The molecule has 5 nitrogen and oxygen atoms in total. The van der Waals surface area contributed by atoms with Gasteiger partial charge in [-0.05, 0) is 32.4 Å². The molecule has 0 saturated carbocycles. The van der Waals surface area contributed by atoms with E-state index in [4.69, 9.17) is 9.84 Å². The Morgan fingerprint density at radius 3 is 2.80 bits per heavy atom. The minimum atomic E-state index is -0.705. The first-order valence-electron chi connectivity index (χ1n) is 6.84. The molecule has 2 N–H and O–H groups in total. The minimum absolute atomic E-state index is 0.200. The predicted molar refractivity (Wildman–Crippen MR) is 74.9 cm³/mol. The lowest BCUT2D eigenvalue weighted by Crippen LogP contribution is -2.42. The molecule has 1 aromatic rings. The lowest BCUT2D eigenvalue weighted by atomic mass is 9.91. The van der Waals surface area contributed by atoms with Crippen LogP contribution in [0.25, 0.3) is 0 Å². The molecular weight excluding hydrogens is 258 g/mol. The Bertz CT molecular complexity index is 489. The molecule has 0 amide bonds. The number of phenolic OH excluding ortho intramolecular Hbond substituents is 1. The number of nitrogens with zero attached hydrogens (tertiary/aromatic N) is 1. The number of aliphatic carboxylic acids is 1. The zero-order valence-electron chi connectivity index (χ0n) is 11.9. The summed E-state index contributed by atoms with van der Waals surface area (Å²) in [4.78, 5) is 13.2. The summed E-state index contributed by atoms with van der Waals surface area (Å²) in [6.07, 6.45) is 1.32. The van der Waals surface area contributed by atoms with E-state index in [1.807, 2.05) is 19.1 Å². The van der Waals surface area contributed by atoms with Crippen LogP contribution in [0.5, 0.6) is 11.5 Å². The van der Waals surface area contributed by atoms with Gasteiger partial charge in [-0.15, -0.1) is 0 Å². The van der Waals surface area contributed by atoms with Crippen LogP contribution in [0.1, 0.15) is 25.3 Å². The highest BCUT2D eigenvalue weighted by Gasteiger charge is 2.29. The van der Waals surface area contributed by atoms with Crippen molar-refractivity contribution in [1.82, 2.24) is 4.90 Å². The van der Waals surface area contributed by atoms with E-state index in [0.29, 0.717) is 25.1 Å². The van der Waals surface area contributed by atoms with Crippen molar-refractivity contribution >= 4 is 5.97 Å². The molecule has 2 atom stereocenters. The number of piperidine rings is 1. The molecule has 2 unspecified atom stereocenters. The van der Waals surface area contributed by atoms with Gasteiger partial charge in [0.1, 0.15) is 11.5 Å². The molecule has 1 aliphatic heterocycles. The minimum Gasteiger partial charge on any atom is -0.507 e. The molecule has 0 aliphatic carbocycles. The molecule has 5 heteroatoms. The van der Waals surface area contributed by atoms with E-state index in [1.165, 1.54) is 0 Å². The fourth-order valence-corrected chi connectivity index (χ4v) is 2.70. The van der Waals surface area contributed by atoms with E-state index in [1.54, 1.807) is 13.2 Å². The van der Waals surface area contributed by atoms with Gasteiger partial charge < -0.3 is 14.9 Å². The van der Waals surface area contributed by atoms with Crippen molar-refractivity contribution in [2.75, 3.05) is 13.7 Å². The third kappa shape index (κ3) is 3.22. The Morgan fingerprint density at radius 1 is 1.50 bits per heavy atom. The largest absolute Gasteiger partial charge is 0.507 e. The lowest BCUT2D eigenvalue weighted by Gasteiger charge is -2.36. The number of carboxylic acids is 1. The summed E-state index contributed by atoms with van der Waals surface area (Å²) in [6.45, 7) is 3.41.